The second-order valence-electron chi connectivity index (χ2n) is 6.25. The molecular formula is C21H37Br. The van der Waals surface area contributed by atoms with Gasteiger partial charge in [0.15, 0.2) is 0 Å². The van der Waals surface area contributed by atoms with Crippen molar-refractivity contribution in [2.75, 3.05) is 0 Å². The van der Waals surface area contributed by atoms with Gasteiger partial charge in [-0.25, -0.2) is 0 Å². The molecule has 1 saturated carbocycles. The Labute approximate surface area is 148 Å². The Bertz CT molecular complexity index is 349. The Hall–Kier alpha value is -0.300. The number of hydrogen-bond donors (Lipinski definition) is 0. The lowest BCUT2D eigenvalue weighted by Crippen LogP contribution is -2.20. The van der Waals surface area contributed by atoms with Crippen molar-refractivity contribution >= 4 is 15.9 Å². The summed E-state index contributed by atoms with van der Waals surface area (Å²) in [6, 6.07) is 8.37. The third kappa shape index (κ3) is 9.66. The van der Waals surface area contributed by atoms with Crippen LogP contribution in [0.4, 0.5) is 0 Å². The van der Waals surface area contributed by atoms with Gasteiger partial charge in [0, 0.05) is 4.47 Å². The van der Waals surface area contributed by atoms with Crippen LogP contribution >= 0.6 is 15.9 Å². The molecule has 1 aliphatic rings. The zero-order valence-corrected chi connectivity index (χ0v) is 17.1. The van der Waals surface area contributed by atoms with Crippen LogP contribution in [0.15, 0.2) is 28.7 Å². The van der Waals surface area contributed by atoms with Crippen molar-refractivity contribution in [1.29, 1.82) is 0 Å². The molecule has 0 aliphatic heterocycles. The molecule has 1 aromatic carbocycles. The van der Waals surface area contributed by atoms with Crippen LogP contribution in [0.25, 0.3) is 0 Å². The molecule has 0 radical (unpaired) electrons. The van der Waals surface area contributed by atoms with Crippen LogP contribution in [0.5, 0.6) is 0 Å². The van der Waals surface area contributed by atoms with Crippen LogP contribution in [0.2, 0.25) is 0 Å². The SMILES string of the molecule is CCC(CC)C1CCC1.CCCC.CCc1cccc(Br)c1. The summed E-state index contributed by atoms with van der Waals surface area (Å²) >= 11 is 3.40. The molecule has 0 unspecified atom stereocenters. The average Bonchev–Trinajstić information content (AvgIpc) is 2.51. The molecule has 0 saturated heterocycles. The highest BCUT2D eigenvalue weighted by Crippen LogP contribution is 2.36. The summed E-state index contributed by atoms with van der Waals surface area (Å²) < 4.78 is 1.17. The van der Waals surface area contributed by atoms with Gasteiger partial charge in [-0.1, -0.05) is 108 Å². The van der Waals surface area contributed by atoms with Gasteiger partial charge in [0.1, 0.15) is 0 Å². The number of benzene rings is 1. The minimum absolute atomic E-state index is 1.05. The Kier molecular flexibility index (Phi) is 14.1. The molecule has 0 bridgehead atoms. The predicted molar refractivity (Wildman–Crippen MR) is 106 cm³/mol. The Balaban J connectivity index is 0.000000326. The highest BCUT2D eigenvalue weighted by molar-refractivity contribution is 9.10. The number of aryl methyl sites for hydroxylation is 1. The van der Waals surface area contributed by atoms with Crippen molar-refractivity contribution in [3.8, 4) is 0 Å². The van der Waals surface area contributed by atoms with Crippen molar-refractivity contribution in [2.45, 2.75) is 86.0 Å². The van der Waals surface area contributed by atoms with Gasteiger partial charge in [-0.3, -0.25) is 0 Å². The minimum atomic E-state index is 1.05. The average molecular weight is 369 g/mol. The summed E-state index contributed by atoms with van der Waals surface area (Å²) in [5, 5.41) is 0. The molecule has 128 valence electrons. The van der Waals surface area contributed by atoms with Gasteiger partial charge in [-0.15, -0.1) is 0 Å². The summed E-state index contributed by atoms with van der Waals surface area (Å²) in [5.74, 6) is 2.17. The van der Waals surface area contributed by atoms with E-state index < -0.39 is 0 Å². The topological polar surface area (TPSA) is 0 Å². The van der Waals surface area contributed by atoms with Crippen LogP contribution in [0, 0.1) is 11.8 Å². The Morgan fingerprint density at radius 1 is 1.00 bits per heavy atom. The molecule has 2 rings (SSSR count). The lowest BCUT2D eigenvalue weighted by molar-refractivity contribution is 0.195. The molecule has 22 heavy (non-hydrogen) atoms. The largest absolute Gasteiger partial charge is 0.0654 e. The fraction of sp³-hybridized carbons (Fsp3) is 0.714. The second kappa shape index (κ2) is 14.3. The van der Waals surface area contributed by atoms with Crippen molar-refractivity contribution in [3.63, 3.8) is 0 Å². The van der Waals surface area contributed by atoms with Gasteiger partial charge in [0.05, 0.1) is 0 Å². The zero-order valence-electron chi connectivity index (χ0n) is 15.5. The van der Waals surface area contributed by atoms with Crippen molar-refractivity contribution in [1.82, 2.24) is 0 Å². The maximum Gasteiger partial charge on any atom is 0.0177 e. The van der Waals surface area contributed by atoms with E-state index >= 15 is 0 Å². The van der Waals surface area contributed by atoms with E-state index in [1.807, 2.05) is 6.07 Å². The molecular weight excluding hydrogens is 332 g/mol. The second-order valence-corrected chi connectivity index (χ2v) is 7.17. The Morgan fingerprint density at radius 2 is 1.59 bits per heavy atom. The number of halogens is 1. The summed E-state index contributed by atoms with van der Waals surface area (Å²) in [6.45, 7) is 11.2. The number of rotatable bonds is 5. The first-order chi connectivity index (χ1) is 10.6. The van der Waals surface area contributed by atoms with E-state index in [-0.39, 0.29) is 0 Å². The predicted octanol–water partition coefficient (Wildman–Crippen LogP) is 8.04. The molecule has 0 N–H and O–H groups in total. The maximum absolute atomic E-state index is 3.40. The first-order valence-corrected chi connectivity index (χ1v) is 10.2. The van der Waals surface area contributed by atoms with Crippen LogP contribution in [-0.4, -0.2) is 0 Å². The summed E-state index contributed by atoms with van der Waals surface area (Å²) in [6.07, 6.45) is 11.1. The van der Waals surface area contributed by atoms with E-state index in [1.54, 1.807) is 0 Å². The molecule has 0 amide bonds. The van der Waals surface area contributed by atoms with Gasteiger partial charge < -0.3 is 0 Å². The van der Waals surface area contributed by atoms with Crippen LogP contribution in [-0.2, 0) is 6.42 Å². The smallest absolute Gasteiger partial charge is 0.0177 e. The van der Waals surface area contributed by atoms with E-state index in [0.717, 1.165) is 18.3 Å². The van der Waals surface area contributed by atoms with Crippen LogP contribution in [0.3, 0.4) is 0 Å². The zero-order chi connectivity index (χ0) is 16.8. The van der Waals surface area contributed by atoms with Gasteiger partial charge >= 0.3 is 0 Å². The van der Waals surface area contributed by atoms with E-state index in [1.165, 1.54) is 55.0 Å². The van der Waals surface area contributed by atoms with Crippen molar-refractivity contribution in [2.24, 2.45) is 11.8 Å². The molecule has 0 atom stereocenters. The number of hydrogen-bond acceptors (Lipinski definition) is 0. The van der Waals surface area contributed by atoms with E-state index in [4.69, 9.17) is 0 Å². The van der Waals surface area contributed by atoms with Crippen LogP contribution < -0.4 is 0 Å². The first-order valence-electron chi connectivity index (χ1n) is 9.37. The first kappa shape index (κ1) is 21.7. The van der Waals surface area contributed by atoms with Gasteiger partial charge in [-0.05, 0) is 36.0 Å². The van der Waals surface area contributed by atoms with E-state index in [0.29, 0.717) is 0 Å². The lowest BCUT2D eigenvalue weighted by Gasteiger charge is -2.32. The van der Waals surface area contributed by atoms with Gasteiger partial charge in [0.25, 0.3) is 0 Å². The molecule has 1 fully saturated rings. The highest BCUT2D eigenvalue weighted by atomic mass is 79.9. The minimum Gasteiger partial charge on any atom is -0.0654 e. The molecule has 0 nitrogen and oxygen atoms in total. The van der Waals surface area contributed by atoms with Crippen molar-refractivity contribution < 1.29 is 0 Å². The summed E-state index contributed by atoms with van der Waals surface area (Å²) in [7, 11) is 0. The van der Waals surface area contributed by atoms with Gasteiger partial charge in [0.2, 0.25) is 0 Å². The van der Waals surface area contributed by atoms with E-state index in [2.05, 4.69) is 68.7 Å². The quantitative estimate of drug-likeness (QED) is 0.492. The maximum atomic E-state index is 3.40. The monoisotopic (exact) mass is 368 g/mol. The molecule has 1 heteroatoms. The molecule has 1 aromatic rings. The van der Waals surface area contributed by atoms with E-state index in [9.17, 15) is 0 Å². The molecule has 0 heterocycles. The summed E-state index contributed by atoms with van der Waals surface area (Å²) in [5.41, 5.74) is 1.38. The number of unbranched alkanes of at least 4 members (excludes halogenated alkanes) is 1. The van der Waals surface area contributed by atoms with Crippen LogP contribution in [0.1, 0.15) is 85.1 Å². The molecule has 1 aliphatic carbocycles. The normalized spacial score (nSPS) is 13.6. The fourth-order valence-corrected chi connectivity index (χ4v) is 3.07. The third-order valence-electron chi connectivity index (χ3n) is 4.66. The fourth-order valence-electron chi connectivity index (χ4n) is 2.62. The molecule has 0 aromatic heterocycles. The van der Waals surface area contributed by atoms with Gasteiger partial charge in [-0.2, -0.15) is 0 Å². The third-order valence-corrected chi connectivity index (χ3v) is 5.16. The highest BCUT2D eigenvalue weighted by Gasteiger charge is 2.23. The standard InChI is InChI=1S/C9H18.C8H9Br.C4H10/c1-3-8(4-2)9-6-5-7-9;1-2-7-4-3-5-8(9)6-7;1-3-4-2/h8-9H,3-7H2,1-2H3;3-6H,2H2,1H3;3-4H2,1-2H3. The van der Waals surface area contributed by atoms with Crippen molar-refractivity contribution in [3.05, 3.63) is 34.3 Å². The Morgan fingerprint density at radius 3 is 1.82 bits per heavy atom. The lowest BCUT2D eigenvalue weighted by atomic mass is 9.74. The molecule has 0 spiro atoms. The summed E-state index contributed by atoms with van der Waals surface area (Å²) in [4.78, 5) is 0.